The van der Waals surface area contributed by atoms with Gasteiger partial charge >= 0.3 is 0 Å². The third-order valence-electron chi connectivity index (χ3n) is 5.59. The van der Waals surface area contributed by atoms with E-state index in [0.717, 1.165) is 0 Å². The first-order valence-corrected chi connectivity index (χ1v) is 10.8. The molecule has 0 aromatic heterocycles. The normalized spacial score (nSPS) is 17.4. The number of phenolic OH excluding ortho intramolecular Hbond substituents is 1. The maximum atomic E-state index is 13.2. The summed E-state index contributed by atoms with van der Waals surface area (Å²) in [5, 5.41) is 21.5. The summed E-state index contributed by atoms with van der Waals surface area (Å²) in [7, 11) is 6.67. The van der Waals surface area contributed by atoms with Crippen LogP contribution in [0.2, 0.25) is 0 Å². The van der Waals surface area contributed by atoms with Crippen molar-refractivity contribution in [3.8, 4) is 23.0 Å². The van der Waals surface area contributed by atoms with E-state index in [1.807, 2.05) is 19.0 Å². The van der Waals surface area contributed by atoms with Crippen LogP contribution in [0.3, 0.4) is 0 Å². The fraction of sp³-hybridized carbons (Fsp3) is 0.360. The van der Waals surface area contributed by atoms with Gasteiger partial charge in [-0.05, 0) is 50.8 Å². The average molecular weight is 471 g/mol. The molecule has 9 nitrogen and oxygen atoms in total. The van der Waals surface area contributed by atoms with E-state index in [1.165, 1.54) is 25.2 Å². The molecule has 0 saturated carbocycles. The molecule has 3 rings (SSSR count). The Hall–Kier alpha value is -3.72. The fourth-order valence-electron chi connectivity index (χ4n) is 3.88. The predicted molar refractivity (Wildman–Crippen MR) is 126 cm³/mol. The number of Topliss-reactive ketones (excluding diaryl/α,β-unsaturated/α-hetero) is 1. The Morgan fingerprint density at radius 1 is 1.06 bits per heavy atom. The number of methoxy groups -OCH3 is 2. The van der Waals surface area contributed by atoms with E-state index in [4.69, 9.17) is 14.2 Å². The number of aromatic hydroxyl groups is 1. The van der Waals surface area contributed by atoms with Gasteiger partial charge < -0.3 is 34.2 Å². The number of phenols is 1. The topological polar surface area (TPSA) is 109 Å². The zero-order valence-corrected chi connectivity index (χ0v) is 20.0. The molecule has 1 atom stereocenters. The predicted octanol–water partition coefficient (Wildman–Crippen LogP) is 2.79. The van der Waals surface area contributed by atoms with E-state index in [0.29, 0.717) is 24.5 Å². The summed E-state index contributed by atoms with van der Waals surface area (Å²) in [6.07, 6.45) is 0. The largest absolute Gasteiger partial charge is 0.507 e. The van der Waals surface area contributed by atoms with Crippen molar-refractivity contribution in [1.82, 2.24) is 9.80 Å². The van der Waals surface area contributed by atoms with Gasteiger partial charge in [0.15, 0.2) is 11.5 Å². The summed E-state index contributed by atoms with van der Waals surface area (Å²) in [5.41, 5.74) is 0.705. The lowest BCUT2D eigenvalue weighted by Gasteiger charge is -2.27. The van der Waals surface area contributed by atoms with E-state index in [9.17, 15) is 19.8 Å². The van der Waals surface area contributed by atoms with Gasteiger partial charge in [-0.3, -0.25) is 9.59 Å². The number of benzene rings is 2. The number of hydrogen-bond donors (Lipinski definition) is 2. The molecule has 1 fully saturated rings. The van der Waals surface area contributed by atoms with Crippen molar-refractivity contribution in [1.29, 1.82) is 0 Å². The molecule has 2 aromatic carbocycles. The van der Waals surface area contributed by atoms with Crippen LogP contribution in [0, 0.1) is 0 Å². The third kappa shape index (κ3) is 4.79. The highest BCUT2D eigenvalue weighted by Crippen LogP contribution is 2.43. The Bertz CT molecular complexity index is 1110. The molecule has 1 unspecified atom stereocenters. The van der Waals surface area contributed by atoms with Gasteiger partial charge in [-0.2, -0.15) is 0 Å². The number of nitrogens with zero attached hydrogens (tertiary/aromatic N) is 2. The number of carbonyl (C=O) groups is 2. The lowest BCUT2D eigenvalue weighted by atomic mass is 9.94. The van der Waals surface area contributed by atoms with Crippen LogP contribution in [-0.4, -0.2) is 79.7 Å². The fourth-order valence-corrected chi connectivity index (χ4v) is 3.88. The van der Waals surface area contributed by atoms with Crippen molar-refractivity contribution in [2.75, 3.05) is 48.0 Å². The third-order valence-corrected chi connectivity index (χ3v) is 5.59. The van der Waals surface area contributed by atoms with Gasteiger partial charge in [-0.25, -0.2) is 0 Å². The second-order valence-corrected chi connectivity index (χ2v) is 8.02. The molecule has 0 bridgehead atoms. The maximum absolute atomic E-state index is 13.2. The Morgan fingerprint density at radius 3 is 2.41 bits per heavy atom. The lowest BCUT2D eigenvalue weighted by Crippen LogP contribution is -2.35. The molecule has 0 spiro atoms. The second kappa shape index (κ2) is 10.5. The number of aliphatic hydroxyl groups is 1. The number of amides is 1. The van der Waals surface area contributed by atoms with Crippen molar-refractivity contribution < 1.29 is 34.0 Å². The van der Waals surface area contributed by atoms with Crippen LogP contribution >= 0.6 is 0 Å². The number of ketones is 1. The minimum Gasteiger partial charge on any atom is -0.507 e. The number of aliphatic hydroxyl groups excluding tert-OH is 1. The highest BCUT2D eigenvalue weighted by molar-refractivity contribution is 6.46. The molecule has 0 aliphatic carbocycles. The van der Waals surface area contributed by atoms with E-state index in [-0.39, 0.29) is 40.7 Å². The van der Waals surface area contributed by atoms with Gasteiger partial charge in [0.2, 0.25) is 0 Å². The van der Waals surface area contributed by atoms with Gasteiger partial charge in [0.1, 0.15) is 17.3 Å². The Morgan fingerprint density at radius 2 is 1.79 bits per heavy atom. The summed E-state index contributed by atoms with van der Waals surface area (Å²) in [4.78, 5) is 29.6. The molecule has 9 heteroatoms. The summed E-state index contributed by atoms with van der Waals surface area (Å²) >= 11 is 0. The van der Waals surface area contributed by atoms with Crippen LogP contribution in [0.4, 0.5) is 0 Å². The summed E-state index contributed by atoms with van der Waals surface area (Å²) in [6.45, 7) is 2.86. The molecule has 1 aliphatic heterocycles. The second-order valence-electron chi connectivity index (χ2n) is 8.02. The van der Waals surface area contributed by atoms with Gasteiger partial charge in [0, 0.05) is 19.2 Å². The van der Waals surface area contributed by atoms with E-state index >= 15 is 0 Å². The van der Waals surface area contributed by atoms with Crippen LogP contribution < -0.4 is 14.2 Å². The minimum atomic E-state index is -0.883. The van der Waals surface area contributed by atoms with E-state index < -0.39 is 17.7 Å². The highest BCUT2D eigenvalue weighted by atomic mass is 16.5. The van der Waals surface area contributed by atoms with E-state index in [2.05, 4.69) is 0 Å². The SMILES string of the molecule is CCOc1cc(C2/C(=C(\O)c3ccc(OC)cc3OC)C(=O)C(=O)N2CCN(C)C)ccc1O. The molecule has 34 heavy (non-hydrogen) atoms. The summed E-state index contributed by atoms with van der Waals surface area (Å²) < 4.78 is 16.1. The van der Waals surface area contributed by atoms with Gasteiger partial charge in [0.05, 0.1) is 38.0 Å². The average Bonchev–Trinajstić information content (AvgIpc) is 3.08. The molecule has 1 saturated heterocycles. The molecule has 1 amide bonds. The van der Waals surface area contributed by atoms with E-state index in [1.54, 1.807) is 37.3 Å². The first-order valence-electron chi connectivity index (χ1n) is 10.8. The van der Waals surface area contributed by atoms with Crippen molar-refractivity contribution in [2.45, 2.75) is 13.0 Å². The molecule has 182 valence electrons. The molecule has 1 heterocycles. The minimum absolute atomic E-state index is 0.0623. The van der Waals surface area contributed by atoms with Gasteiger partial charge in [-0.1, -0.05) is 6.07 Å². The first kappa shape index (κ1) is 24.9. The molecule has 2 aromatic rings. The maximum Gasteiger partial charge on any atom is 0.295 e. The van der Waals surface area contributed by atoms with Gasteiger partial charge in [-0.15, -0.1) is 0 Å². The van der Waals surface area contributed by atoms with Crippen molar-refractivity contribution in [2.24, 2.45) is 0 Å². The monoisotopic (exact) mass is 470 g/mol. The Labute approximate surface area is 198 Å². The molecular weight excluding hydrogens is 440 g/mol. The van der Waals surface area contributed by atoms with Crippen LogP contribution in [-0.2, 0) is 9.59 Å². The summed E-state index contributed by atoms with van der Waals surface area (Å²) in [6, 6.07) is 8.53. The van der Waals surface area contributed by atoms with Crippen LogP contribution in [0.15, 0.2) is 42.0 Å². The Kier molecular flexibility index (Phi) is 7.68. The molecule has 2 N–H and O–H groups in total. The number of carbonyl (C=O) groups excluding carboxylic acids is 2. The number of likely N-dealkylation sites (tertiary alicyclic amines) is 1. The first-order chi connectivity index (χ1) is 16.2. The number of ether oxygens (including phenoxy) is 3. The van der Waals surface area contributed by atoms with Crippen LogP contribution in [0.25, 0.3) is 5.76 Å². The summed E-state index contributed by atoms with van der Waals surface area (Å²) in [5.74, 6) is -0.918. The molecule has 1 aliphatic rings. The quantitative estimate of drug-likeness (QED) is 0.327. The zero-order valence-electron chi connectivity index (χ0n) is 20.0. The highest BCUT2D eigenvalue weighted by Gasteiger charge is 2.46. The van der Waals surface area contributed by atoms with Crippen molar-refractivity contribution >= 4 is 17.4 Å². The van der Waals surface area contributed by atoms with Crippen molar-refractivity contribution in [3.63, 3.8) is 0 Å². The number of hydrogen-bond acceptors (Lipinski definition) is 8. The van der Waals surface area contributed by atoms with Crippen molar-refractivity contribution in [3.05, 3.63) is 53.1 Å². The smallest absolute Gasteiger partial charge is 0.295 e. The lowest BCUT2D eigenvalue weighted by molar-refractivity contribution is -0.140. The Balaban J connectivity index is 2.22. The zero-order chi connectivity index (χ0) is 25.0. The number of rotatable bonds is 9. The van der Waals surface area contributed by atoms with Crippen LogP contribution in [0.1, 0.15) is 24.1 Å². The van der Waals surface area contributed by atoms with Gasteiger partial charge in [0.25, 0.3) is 11.7 Å². The standard InChI is InChI=1S/C25H30N2O7/c1-6-34-20-13-15(7-10-18(20)28)22-21(24(30)25(31)27(22)12-11-26(2)3)23(29)17-9-8-16(32-4)14-19(17)33-5/h7-10,13-14,22,28-29H,6,11-12H2,1-5H3/b23-21+. The molecule has 0 radical (unpaired) electrons. The number of likely N-dealkylation sites (N-methyl/N-ethyl adjacent to an activating group) is 1. The molecular formula is C25H30N2O7. The van der Waals surface area contributed by atoms with Crippen LogP contribution in [0.5, 0.6) is 23.0 Å².